The summed E-state index contributed by atoms with van der Waals surface area (Å²) >= 11 is 0. The molecule has 12 nitrogen and oxygen atoms in total. The Morgan fingerprint density at radius 3 is 1.23 bits per heavy atom. The topological polar surface area (TPSA) is 154 Å². The van der Waals surface area contributed by atoms with Crippen molar-refractivity contribution in [2.24, 2.45) is 32.7 Å². The molecule has 240 valence electrons. The molecule has 1 aromatic heterocycles. The molecule has 0 radical (unpaired) electrons. The van der Waals surface area contributed by atoms with Crippen LogP contribution in [-0.4, -0.2) is 50.1 Å². The minimum absolute atomic E-state index is 0.244. The summed E-state index contributed by atoms with van der Waals surface area (Å²) in [4.78, 5) is 89.8. The Labute approximate surface area is 257 Å². The summed E-state index contributed by atoms with van der Waals surface area (Å²) in [6, 6.07) is -2.92. The van der Waals surface area contributed by atoms with Crippen LogP contribution in [-0.2, 0) is 14.4 Å². The maximum Gasteiger partial charge on any atom is 0.336 e. The van der Waals surface area contributed by atoms with Crippen LogP contribution in [0.15, 0.2) is 29.4 Å². The van der Waals surface area contributed by atoms with Crippen LogP contribution in [0.3, 0.4) is 0 Å². The lowest BCUT2D eigenvalue weighted by Crippen LogP contribution is -2.60. The largest absolute Gasteiger partial charge is 0.336 e. The molecule has 12 heteroatoms. The maximum absolute atomic E-state index is 14.6. The van der Waals surface area contributed by atoms with E-state index in [9.17, 15) is 28.8 Å². The first-order valence-corrected chi connectivity index (χ1v) is 16.5. The second-order valence-corrected chi connectivity index (χ2v) is 12.9. The third-order valence-electron chi connectivity index (χ3n) is 10.7. The van der Waals surface area contributed by atoms with Gasteiger partial charge in [-0.3, -0.25) is 0 Å². The molecule has 44 heavy (non-hydrogen) atoms. The van der Waals surface area contributed by atoms with E-state index in [0.29, 0.717) is 51.4 Å². The quantitative estimate of drug-likeness (QED) is 0.269. The number of aromatic nitrogens is 3. The molecule has 3 aliphatic carbocycles. The fourth-order valence-electron chi connectivity index (χ4n) is 8.58. The molecule has 1 aromatic rings. The van der Waals surface area contributed by atoms with E-state index in [1.54, 1.807) is 25.2 Å². The summed E-state index contributed by atoms with van der Waals surface area (Å²) in [5.74, 6) is -0.748. The van der Waals surface area contributed by atoms with E-state index in [0.717, 1.165) is 38.5 Å². The van der Waals surface area contributed by atoms with Crippen LogP contribution in [0, 0.1) is 17.8 Å². The Kier molecular flexibility index (Phi) is 11.8. The molecule has 0 bridgehead atoms. The molecule has 3 aliphatic rings. The molecule has 1 heterocycles. The minimum atomic E-state index is -0.650. The molecular weight excluding hydrogens is 564 g/mol. The molecule has 3 fully saturated rings. The van der Waals surface area contributed by atoms with E-state index in [1.807, 2.05) is 13.8 Å². The molecule has 3 saturated carbocycles. The third-order valence-corrected chi connectivity index (χ3v) is 10.7. The lowest BCUT2D eigenvalue weighted by Gasteiger charge is -2.40. The van der Waals surface area contributed by atoms with E-state index < -0.39 is 53.3 Å². The van der Waals surface area contributed by atoms with E-state index in [1.165, 1.54) is 13.7 Å². The van der Waals surface area contributed by atoms with E-state index in [-0.39, 0.29) is 17.8 Å². The Balaban J connectivity index is 2.03. The lowest BCUT2D eigenvalue weighted by molar-refractivity contribution is 0.142. The zero-order chi connectivity index (χ0) is 31.8. The molecule has 0 aliphatic heterocycles. The number of hydrogen-bond acceptors (Lipinski definition) is 9. The molecule has 0 spiro atoms. The van der Waals surface area contributed by atoms with Crippen LogP contribution in [0.5, 0.6) is 0 Å². The van der Waals surface area contributed by atoms with Gasteiger partial charge in [0.25, 0.3) is 0 Å². The minimum Gasteiger partial charge on any atom is -0.247 e. The predicted octanol–water partition coefficient (Wildman–Crippen LogP) is 4.32. The van der Waals surface area contributed by atoms with Gasteiger partial charge in [0.05, 0.1) is 18.1 Å². The summed E-state index contributed by atoms with van der Waals surface area (Å²) in [6.07, 6.45) is 14.8. The van der Waals surface area contributed by atoms with Gasteiger partial charge in [-0.1, -0.05) is 52.4 Å². The van der Waals surface area contributed by atoms with Crippen LogP contribution in [0.1, 0.15) is 129 Å². The van der Waals surface area contributed by atoms with E-state index in [4.69, 9.17) is 0 Å². The fraction of sp³-hybridized carbons (Fsp3) is 0.812. The maximum atomic E-state index is 14.6. The van der Waals surface area contributed by atoms with Gasteiger partial charge >= 0.3 is 17.1 Å². The molecule has 4 rings (SSSR count). The zero-order valence-electron chi connectivity index (χ0n) is 26.2. The molecular formula is C32H46N6O6. The van der Waals surface area contributed by atoms with Gasteiger partial charge in [0, 0.05) is 35.9 Å². The average molecular weight is 611 g/mol. The smallest absolute Gasteiger partial charge is 0.247 e. The Morgan fingerprint density at radius 2 is 0.886 bits per heavy atom. The van der Waals surface area contributed by atoms with Crippen LogP contribution in [0.25, 0.3) is 0 Å². The Morgan fingerprint density at radius 1 is 0.568 bits per heavy atom. The predicted molar refractivity (Wildman–Crippen MR) is 164 cm³/mol. The number of rotatable bonds is 11. The van der Waals surface area contributed by atoms with E-state index in [2.05, 4.69) is 15.0 Å². The summed E-state index contributed by atoms with van der Waals surface area (Å²) in [6.45, 7) is 5.64. The van der Waals surface area contributed by atoms with Gasteiger partial charge in [0.15, 0.2) is 0 Å². The number of isocyanates is 3. The monoisotopic (exact) mass is 610 g/mol. The first-order chi connectivity index (χ1) is 21.3. The van der Waals surface area contributed by atoms with Gasteiger partial charge in [-0.15, -0.1) is 0 Å². The first-order valence-electron chi connectivity index (χ1n) is 16.5. The molecule has 0 aromatic carbocycles. The normalized spacial score (nSPS) is 29.2. The van der Waals surface area contributed by atoms with Crippen molar-refractivity contribution >= 4 is 18.2 Å². The van der Waals surface area contributed by atoms with Gasteiger partial charge in [-0.2, -0.15) is 0 Å². The van der Waals surface area contributed by atoms with Crippen LogP contribution < -0.4 is 17.1 Å². The van der Waals surface area contributed by atoms with Crippen LogP contribution in [0.2, 0.25) is 0 Å². The van der Waals surface area contributed by atoms with Crippen molar-refractivity contribution in [2.45, 2.75) is 147 Å². The summed E-state index contributed by atoms with van der Waals surface area (Å²) in [5.41, 5.74) is -1.95. The highest BCUT2D eigenvalue weighted by Gasteiger charge is 2.41. The molecule has 0 saturated heterocycles. The highest BCUT2D eigenvalue weighted by Crippen LogP contribution is 2.40. The van der Waals surface area contributed by atoms with Gasteiger partial charge in [0.1, 0.15) is 0 Å². The average Bonchev–Trinajstić information content (AvgIpc) is 3.03. The number of hydrogen-bond donors (Lipinski definition) is 0. The van der Waals surface area contributed by atoms with Crippen molar-refractivity contribution in [1.29, 1.82) is 0 Å². The molecule has 9 atom stereocenters. The Hall–Kier alpha value is -3.45. The zero-order valence-corrected chi connectivity index (χ0v) is 26.2. The second kappa shape index (κ2) is 15.5. The van der Waals surface area contributed by atoms with Gasteiger partial charge in [0.2, 0.25) is 18.2 Å². The van der Waals surface area contributed by atoms with Crippen LogP contribution in [0.4, 0.5) is 0 Å². The van der Waals surface area contributed by atoms with Gasteiger partial charge in [-0.25, -0.2) is 57.4 Å². The molecule has 9 unspecified atom stereocenters. The number of carbonyl (C=O) groups excluding carboxylic acids is 3. The van der Waals surface area contributed by atoms with Crippen molar-refractivity contribution in [3.8, 4) is 0 Å². The molecule has 0 amide bonds. The second-order valence-electron chi connectivity index (χ2n) is 12.9. The van der Waals surface area contributed by atoms with Crippen molar-refractivity contribution in [2.75, 3.05) is 0 Å². The third kappa shape index (κ3) is 6.63. The van der Waals surface area contributed by atoms with Gasteiger partial charge < -0.3 is 0 Å². The van der Waals surface area contributed by atoms with Gasteiger partial charge in [-0.05, 0) is 58.3 Å². The van der Waals surface area contributed by atoms with E-state index >= 15 is 0 Å². The summed E-state index contributed by atoms with van der Waals surface area (Å²) in [7, 11) is 0. The highest BCUT2D eigenvalue weighted by molar-refractivity contribution is 5.34. The summed E-state index contributed by atoms with van der Waals surface area (Å²) in [5, 5.41) is 0. The standard InChI is InChI=1S/C32H46N6O6/c1-4-25(34-19-40)23-13-7-10-16-28(23)37-30(42)36(27-15-9-6-12-22(27)21(3)33-18-39)31(43)38(32(37)44)29-17-11-8-14-24(29)26(5-2)35-20-41/h21-29H,4-17H2,1-3H3. The van der Waals surface area contributed by atoms with Crippen molar-refractivity contribution in [1.82, 2.24) is 13.7 Å². The van der Waals surface area contributed by atoms with Crippen molar-refractivity contribution in [3.63, 3.8) is 0 Å². The lowest BCUT2D eigenvalue weighted by atomic mass is 9.78. The van der Waals surface area contributed by atoms with Crippen molar-refractivity contribution < 1.29 is 14.4 Å². The number of aliphatic imine (C=N–C) groups is 3. The first kappa shape index (κ1) is 33.4. The fourth-order valence-corrected chi connectivity index (χ4v) is 8.58. The SMILES string of the molecule is CCC(N=C=O)C1CCCCC1n1c(=O)n(C2CCCCC2C(C)N=C=O)c(=O)n(C2CCCCC2C(CC)N=C=O)c1=O. The highest BCUT2D eigenvalue weighted by atomic mass is 16.2. The molecule has 0 N–H and O–H groups in total. The Bertz CT molecular complexity index is 1390. The van der Waals surface area contributed by atoms with Crippen LogP contribution >= 0.6 is 0 Å². The summed E-state index contributed by atoms with van der Waals surface area (Å²) < 4.78 is 3.83. The van der Waals surface area contributed by atoms with Crippen molar-refractivity contribution in [3.05, 3.63) is 31.5 Å². The number of nitrogens with zero attached hydrogens (tertiary/aromatic N) is 6.